The highest BCUT2D eigenvalue weighted by molar-refractivity contribution is 6.00. The third-order valence-corrected chi connectivity index (χ3v) is 10.7. The predicted molar refractivity (Wildman–Crippen MR) is 175 cm³/mol. The quantitative estimate of drug-likeness (QED) is 0.272. The number of nitrogens with two attached hydrogens (primary N) is 1. The second-order valence-corrected chi connectivity index (χ2v) is 13.4. The van der Waals surface area contributed by atoms with Gasteiger partial charge in [-0.25, -0.2) is 9.31 Å². The summed E-state index contributed by atoms with van der Waals surface area (Å²) in [7, 11) is 0. The molecular formula is C36H37N7O2. The van der Waals surface area contributed by atoms with E-state index in [4.69, 9.17) is 10.8 Å². The third-order valence-electron chi connectivity index (χ3n) is 10.7. The van der Waals surface area contributed by atoms with Gasteiger partial charge in [-0.15, -0.1) is 0 Å². The number of aromatic nitrogens is 3. The number of urea groups is 1. The molecule has 2 aromatic carbocycles. The Labute approximate surface area is 261 Å². The molecule has 4 aliphatic rings. The first-order valence-corrected chi connectivity index (χ1v) is 16.3. The van der Waals surface area contributed by atoms with E-state index in [2.05, 4.69) is 47.1 Å². The Hall–Kier alpha value is -4.63. The number of benzene rings is 2. The molecule has 9 rings (SSSR count). The standard InChI is InChI=1S/C36H37N7O2/c1-21-28-12-11-26(35(44)42-19-25-10-13-30(42)33(25)37)20-43(28)39-34(21)32-17-24-9-8-23(16-31(24)41(32)18-22-6-7-22)27-4-2-3-5-29(27)40-15-14-38-36(40)45/h2-5,8-9,11-12,16-17,20,22,25,30,33H,6-7,10,13-15,18-19,37H2,1H3,(H,38,45)/t25?,30?,33-/m1/s1. The van der Waals surface area contributed by atoms with E-state index in [1.165, 1.54) is 23.7 Å². The molecule has 228 valence electrons. The number of anilines is 1. The number of nitrogens with one attached hydrogen (secondary N) is 1. The van der Waals surface area contributed by atoms with E-state index in [1.807, 2.05) is 50.8 Å². The van der Waals surface area contributed by atoms with Crippen molar-refractivity contribution < 1.29 is 9.59 Å². The summed E-state index contributed by atoms with van der Waals surface area (Å²) in [5.74, 6) is 1.13. The predicted octanol–water partition coefficient (Wildman–Crippen LogP) is 5.43. The summed E-state index contributed by atoms with van der Waals surface area (Å²) >= 11 is 0. The lowest BCUT2D eigenvalue weighted by molar-refractivity contribution is 0.0700. The Morgan fingerprint density at radius 3 is 2.64 bits per heavy atom. The Kier molecular flexibility index (Phi) is 5.91. The topological polar surface area (TPSA) is 101 Å². The zero-order chi connectivity index (χ0) is 30.4. The maximum absolute atomic E-state index is 13.6. The van der Waals surface area contributed by atoms with Gasteiger partial charge in [0.05, 0.1) is 22.5 Å². The highest BCUT2D eigenvalue weighted by Gasteiger charge is 2.47. The molecule has 3 amide bonds. The van der Waals surface area contributed by atoms with Crippen LogP contribution >= 0.6 is 0 Å². The third kappa shape index (κ3) is 4.20. The van der Waals surface area contributed by atoms with Gasteiger partial charge in [-0.05, 0) is 80.3 Å². The number of fused-ring (bicyclic) bond motifs is 4. The first kappa shape index (κ1) is 26.7. The molecule has 9 nitrogen and oxygen atoms in total. The van der Waals surface area contributed by atoms with Crippen molar-refractivity contribution in [2.75, 3.05) is 24.5 Å². The summed E-state index contributed by atoms with van der Waals surface area (Å²) in [5.41, 5.74) is 15.4. The smallest absolute Gasteiger partial charge is 0.322 e. The molecule has 2 unspecified atom stereocenters. The van der Waals surface area contributed by atoms with E-state index in [9.17, 15) is 9.59 Å². The summed E-state index contributed by atoms with van der Waals surface area (Å²) in [4.78, 5) is 29.9. The van der Waals surface area contributed by atoms with Crippen molar-refractivity contribution >= 4 is 34.0 Å². The molecule has 2 bridgehead atoms. The highest BCUT2D eigenvalue weighted by atomic mass is 16.2. The fraction of sp³-hybridized carbons (Fsp3) is 0.361. The van der Waals surface area contributed by atoms with E-state index < -0.39 is 0 Å². The van der Waals surface area contributed by atoms with E-state index in [1.54, 1.807) is 0 Å². The fourth-order valence-electron chi connectivity index (χ4n) is 8.02. The lowest BCUT2D eigenvalue weighted by Crippen LogP contribution is -2.41. The van der Waals surface area contributed by atoms with Crippen LogP contribution in [0.5, 0.6) is 0 Å². The molecule has 2 saturated carbocycles. The number of hydrogen-bond donors (Lipinski definition) is 2. The van der Waals surface area contributed by atoms with Gasteiger partial charge in [0, 0.05) is 66.5 Å². The number of carbonyl (C=O) groups excluding carboxylic acids is 2. The van der Waals surface area contributed by atoms with E-state index >= 15 is 0 Å². The zero-order valence-corrected chi connectivity index (χ0v) is 25.4. The number of amides is 3. The number of para-hydroxylation sites is 1. The van der Waals surface area contributed by atoms with Crippen LogP contribution in [0.15, 0.2) is 66.9 Å². The van der Waals surface area contributed by atoms with E-state index in [-0.39, 0.29) is 24.0 Å². The number of hydrogen-bond acceptors (Lipinski definition) is 4. The number of pyridine rings is 1. The van der Waals surface area contributed by atoms with Crippen LogP contribution in [0.25, 0.3) is 38.9 Å². The monoisotopic (exact) mass is 599 g/mol. The van der Waals surface area contributed by atoms with Gasteiger partial charge in [-0.3, -0.25) is 9.69 Å². The first-order chi connectivity index (χ1) is 21.9. The summed E-state index contributed by atoms with van der Waals surface area (Å²) < 4.78 is 4.32. The van der Waals surface area contributed by atoms with Gasteiger partial charge in [-0.1, -0.05) is 30.3 Å². The van der Waals surface area contributed by atoms with Crippen molar-refractivity contribution in [1.82, 2.24) is 24.4 Å². The van der Waals surface area contributed by atoms with Gasteiger partial charge in [-0.2, -0.15) is 5.10 Å². The van der Waals surface area contributed by atoms with Gasteiger partial charge in [0.25, 0.3) is 5.91 Å². The van der Waals surface area contributed by atoms with Crippen molar-refractivity contribution in [3.8, 4) is 22.5 Å². The van der Waals surface area contributed by atoms with Crippen LogP contribution in [0.3, 0.4) is 0 Å². The Morgan fingerprint density at radius 1 is 1.02 bits per heavy atom. The lowest BCUT2D eigenvalue weighted by Gasteiger charge is -2.27. The van der Waals surface area contributed by atoms with Crippen LogP contribution in [0.4, 0.5) is 10.5 Å². The molecule has 0 spiro atoms. The minimum absolute atomic E-state index is 0.0497. The molecule has 4 fully saturated rings. The first-order valence-electron chi connectivity index (χ1n) is 16.3. The minimum Gasteiger partial charge on any atom is -0.339 e. The van der Waals surface area contributed by atoms with Crippen molar-refractivity contribution in [2.45, 2.75) is 51.2 Å². The summed E-state index contributed by atoms with van der Waals surface area (Å²) in [6.45, 7) is 5.13. The van der Waals surface area contributed by atoms with E-state index in [0.717, 1.165) is 65.2 Å². The number of nitrogens with zero attached hydrogens (tertiary/aromatic N) is 5. The zero-order valence-electron chi connectivity index (χ0n) is 25.4. The maximum atomic E-state index is 13.6. The van der Waals surface area contributed by atoms with Crippen molar-refractivity contribution in [1.29, 1.82) is 0 Å². The van der Waals surface area contributed by atoms with Crippen LogP contribution in [0.1, 0.15) is 41.6 Å². The summed E-state index contributed by atoms with van der Waals surface area (Å²) in [5, 5.41) is 9.20. The second-order valence-electron chi connectivity index (χ2n) is 13.4. The molecule has 3 atom stereocenters. The molecule has 5 aromatic rings. The maximum Gasteiger partial charge on any atom is 0.322 e. The van der Waals surface area contributed by atoms with Crippen LogP contribution in [0, 0.1) is 18.8 Å². The molecule has 0 radical (unpaired) electrons. The molecule has 9 heteroatoms. The van der Waals surface area contributed by atoms with Crippen LogP contribution in [-0.2, 0) is 6.54 Å². The van der Waals surface area contributed by atoms with Gasteiger partial charge in [0.1, 0.15) is 5.69 Å². The number of likely N-dealkylation sites (tertiary alicyclic amines) is 1. The molecular weight excluding hydrogens is 562 g/mol. The van der Waals surface area contributed by atoms with Gasteiger partial charge in [0.15, 0.2) is 0 Å². The second kappa shape index (κ2) is 9.94. The van der Waals surface area contributed by atoms with Crippen molar-refractivity contribution in [2.24, 2.45) is 17.6 Å². The number of rotatable bonds is 6. The largest absolute Gasteiger partial charge is 0.339 e. The molecule has 2 aliphatic carbocycles. The number of carbonyl (C=O) groups is 2. The molecule has 45 heavy (non-hydrogen) atoms. The lowest BCUT2D eigenvalue weighted by atomic mass is 10.0. The van der Waals surface area contributed by atoms with Crippen molar-refractivity contribution in [3.63, 3.8) is 0 Å². The fourth-order valence-corrected chi connectivity index (χ4v) is 8.02. The SMILES string of the molecule is Cc1c(-c2cc3ccc(-c4ccccc4N4CCNC4=O)cc3n2CC2CC2)nn2cc(C(=O)N3CC4CCC3[C@@H]4N)ccc12. The van der Waals surface area contributed by atoms with Crippen LogP contribution in [0.2, 0.25) is 0 Å². The van der Waals surface area contributed by atoms with Gasteiger partial charge < -0.3 is 20.5 Å². The minimum atomic E-state index is -0.0497. The number of aryl methyl sites for hydroxylation is 1. The van der Waals surface area contributed by atoms with E-state index in [0.29, 0.717) is 30.5 Å². The Bertz CT molecular complexity index is 2020. The molecule has 5 heterocycles. The molecule has 3 aromatic heterocycles. The molecule has 2 saturated heterocycles. The Morgan fingerprint density at radius 2 is 1.89 bits per heavy atom. The average Bonchev–Trinajstić information content (AvgIpc) is 3.29. The molecule has 2 aliphatic heterocycles. The highest BCUT2D eigenvalue weighted by Crippen LogP contribution is 2.40. The Balaban J connectivity index is 1.12. The average molecular weight is 600 g/mol. The van der Waals surface area contributed by atoms with Gasteiger partial charge >= 0.3 is 6.03 Å². The van der Waals surface area contributed by atoms with Crippen molar-refractivity contribution in [3.05, 3.63) is 78.0 Å². The molecule has 3 N–H and O–H groups in total. The number of piperidine rings is 1. The normalized spacial score (nSPS) is 22.7. The summed E-state index contributed by atoms with van der Waals surface area (Å²) in [6, 6.07) is 21.2. The van der Waals surface area contributed by atoms with Crippen LogP contribution in [-0.4, -0.2) is 62.7 Å². The van der Waals surface area contributed by atoms with Crippen LogP contribution < -0.4 is 16.0 Å². The summed E-state index contributed by atoms with van der Waals surface area (Å²) in [6.07, 6.45) is 6.49. The van der Waals surface area contributed by atoms with Gasteiger partial charge in [0.2, 0.25) is 0 Å².